The fourth-order valence-electron chi connectivity index (χ4n) is 2.83. The van der Waals surface area contributed by atoms with E-state index in [1.165, 1.54) is 23.9 Å². The molecule has 2 heterocycles. The number of rotatable bonds is 6. The molecule has 1 aromatic carbocycles. The van der Waals surface area contributed by atoms with E-state index < -0.39 is 4.92 Å². The number of nitro groups is 1. The number of piperazine rings is 1. The number of pyridine rings is 1. The van der Waals surface area contributed by atoms with Crippen LogP contribution < -0.4 is 10.2 Å². The maximum absolute atomic E-state index is 12.4. The fourth-order valence-corrected chi connectivity index (χ4v) is 3.70. The third-order valence-electron chi connectivity index (χ3n) is 4.57. The van der Waals surface area contributed by atoms with E-state index in [2.05, 4.69) is 27.1 Å². The molecule has 1 atom stereocenters. The summed E-state index contributed by atoms with van der Waals surface area (Å²) in [6.45, 7) is 5.71. The number of thioether (sulfide) groups is 1. The number of likely N-dealkylation sites (N-methyl/N-ethyl adjacent to an activating group) is 1. The molecule has 0 spiro atoms. The van der Waals surface area contributed by atoms with Crippen LogP contribution in [-0.4, -0.2) is 59.2 Å². The Labute approximate surface area is 168 Å². The van der Waals surface area contributed by atoms with Crippen LogP contribution in [0.25, 0.3) is 0 Å². The highest BCUT2D eigenvalue weighted by molar-refractivity contribution is 8.00. The van der Waals surface area contributed by atoms with Crippen LogP contribution in [0.1, 0.15) is 6.92 Å². The van der Waals surface area contributed by atoms with Gasteiger partial charge < -0.3 is 15.1 Å². The molecule has 1 saturated heterocycles. The lowest BCUT2D eigenvalue weighted by Crippen LogP contribution is -2.44. The van der Waals surface area contributed by atoms with Gasteiger partial charge in [-0.25, -0.2) is 4.98 Å². The number of hydrogen-bond donors (Lipinski definition) is 1. The van der Waals surface area contributed by atoms with Gasteiger partial charge in [0.2, 0.25) is 5.91 Å². The predicted octanol–water partition coefficient (Wildman–Crippen LogP) is 2.86. The lowest BCUT2D eigenvalue weighted by atomic mass is 10.3. The monoisotopic (exact) mass is 401 g/mol. The van der Waals surface area contributed by atoms with E-state index in [-0.39, 0.29) is 16.8 Å². The standard InChI is InChI=1S/C19H23N5O3S/c1-14(28-17-6-4-16(5-7-17)24(26)27)19(25)21-15-3-8-18(20-13-15)23-11-9-22(2)10-12-23/h3-8,13-14H,9-12H2,1-2H3,(H,21,25). The van der Waals surface area contributed by atoms with Crippen molar-refractivity contribution in [1.29, 1.82) is 0 Å². The van der Waals surface area contributed by atoms with Gasteiger partial charge in [0.1, 0.15) is 5.82 Å². The van der Waals surface area contributed by atoms with E-state index in [0.717, 1.165) is 36.9 Å². The molecular weight excluding hydrogens is 378 g/mol. The SMILES string of the molecule is CC(Sc1ccc([N+](=O)[O-])cc1)C(=O)Nc1ccc(N2CCN(C)CC2)nc1. The predicted molar refractivity (Wildman–Crippen MR) is 111 cm³/mol. The zero-order valence-electron chi connectivity index (χ0n) is 15.9. The molecule has 0 radical (unpaired) electrons. The Hall–Kier alpha value is -2.65. The number of hydrogen-bond acceptors (Lipinski definition) is 7. The van der Waals surface area contributed by atoms with Gasteiger partial charge in [-0.2, -0.15) is 0 Å². The smallest absolute Gasteiger partial charge is 0.269 e. The van der Waals surface area contributed by atoms with Crippen LogP contribution in [0.15, 0.2) is 47.5 Å². The second-order valence-corrected chi connectivity index (χ2v) is 8.11. The van der Waals surface area contributed by atoms with Crippen molar-refractivity contribution >= 4 is 34.9 Å². The molecule has 2 aromatic rings. The summed E-state index contributed by atoms with van der Waals surface area (Å²) >= 11 is 1.35. The highest BCUT2D eigenvalue weighted by atomic mass is 32.2. The van der Waals surface area contributed by atoms with Crippen molar-refractivity contribution in [1.82, 2.24) is 9.88 Å². The summed E-state index contributed by atoms with van der Waals surface area (Å²) in [6, 6.07) is 9.97. The molecule has 1 aliphatic rings. The minimum Gasteiger partial charge on any atom is -0.354 e. The van der Waals surface area contributed by atoms with Gasteiger partial charge in [0.25, 0.3) is 5.69 Å². The highest BCUT2D eigenvalue weighted by Gasteiger charge is 2.17. The van der Waals surface area contributed by atoms with Gasteiger partial charge in [-0.15, -0.1) is 11.8 Å². The number of anilines is 2. The van der Waals surface area contributed by atoms with Crippen molar-refractivity contribution in [3.8, 4) is 0 Å². The molecule has 8 nitrogen and oxygen atoms in total. The topological polar surface area (TPSA) is 91.6 Å². The fraction of sp³-hybridized carbons (Fsp3) is 0.368. The number of carbonyl (C=O) groups excluding carboxylic acids is 1. The van der Waals surface area contributed by atoms with Crippen LogP contribution in [0.4, 0.5) is 17.2 Å². The Morgan fingerprint density at radius 1 is 1.18 bits per heavy atom. The number of carbonyl (C=O) groups is 1. The largest absolute Gasteiger partial charge is 0.354 e. The van der Waals surface area contributed by atoms with E-state index in [1.54, 1.807) is 25.3 Å². The molecule has 1 aromatic heterocycles. The van der Waals surface area contributed by atoms with E-state index in [9.17, 15) is 14.9 Å². The summed E-state index contributed by atoms with van der Waals surface area (Å²) in [5.41, 5.74) is 0.687. The van der Waals surface area contributed by atoms with E-state index in [1.807, 2.05) is 12.1 Å². The molecular formula is C19H23N5O3S. The van der Waals surface area contributed by atoms with Crippen molar-refractivity contribution in [2.75, 3.05) is 43.4 Å². The van der Waals surface area contributed by atoms with Crippen LogP contribution in [0.5, 0.6) is 0 Å². The second kappa shape index (κ2) is 9.03. The maximum Gasteiger partial charge on any atom is 0.269 e. The summed E-state index contributed by atoms with van der Waals surface area (Å²) in [5, 5.41) is 13.2. The van der Waals surface area contributed by atoms with Crippen LogP contribution >= 0.6 is 11.8 Å². The molecule has 1 aliphatic heterocycles. The minimum absolute atomic E-state index is 0.0352. The number of amides is 1. The normalized spacial score (nSPS) is 15.9. The first-order chi connectivity index (χ1) is 13.4. The molecule has 1 fully saturated rings. The molecule has 9 heteroatoms. The summed E-state index contributed by atoms with van der Waals surface area (Å²) in [6.07, 6.45) is 1.68. The summed E-state index contributed by atoms with van der Waals surface area (Å²) in [5.74, 6) is 0.775. The van der Waals surface area contributed by atoms with Crippen molar-refractivity contribution in [3.05, 3.63) is 52.7 Å². The summed E-state index contributed by atoms with van der Waals surface area (Å²) < 4.78 is 0. The third kappa shape index (κ3) is 5.20. The summed E-state index contributed by atoms with van der Waals surface area (Å²) in [4.78, 5) is 32.5. The van der Waals surface area contributed by atoms with Crippen LogP contribution in [0, 0.1) is 10.1 Å². The van der Waals surface area contributed by atoms with E-state index in [4.69, 9.17) is 0 Å². The van der Waals surface area contributed by atoms with Crippen molar-refractivity contribution < 1.29 is 9.72 Å². The average Bonchev–Trinajstić information content (AvgIpc) is 2.69. The number of non-ortho nitro benzene ring substituents is 1. The molecule has 0 aliphatic carbocycles. The zero-order chi connectivity index (χ0) is 20.1. The Bertz CT molecular complexity index is 820. The third-order valence-corrected chi connectivity index (χ3v) is 5.68. The van der Waals surface area contributed by atoms with E-state index in [0.29, 0.717) is 5.69 Å². The Morgan fingerprint density at radius 3 is 2.43 bits per heavy atom. The van der Waals surface area contributed by atoms with Crippen LogP contribution in [0.2, 0.25) is 0 Å². The Balaban J connectivity index is 1.54. The molecule has 1 N–H and O–H groups in total. The van der Waals surface area contributed by atoms with Crippen LogP contribution in [-0.2, 0) is 4.79 Å². The number of benzene rings is 1. The number of nitro benzene ring substituents is 1. The van der Waals surface area contributed by atoms with Crippen LogP contribution in [0.3, 0.4) is 0 Å². The van der Waals surface area contributed by atoms with Gasteiger partial charge in [-0.1, -0.05) is 0 Å². The number of nitrogens with zero attached hydrogens (tertiary/aromatic N) is 4. The zero-order valence-corrected chi connectivity index (χ0v) is 16.7. The van der Waals surface area contributed by atoms with Crippen molar-refractivity contribution in [2.24, 2.45) is 0 Å². The first kappa shape index (κ1) is 20.1. The number of aromatic nitrogens is 1. The first-order valence-corrected chi connectivity index (χ1v) is 9.92. The van der Waals surface area contributed by atoms with Gasteiger partial charge >= 0.3 is 0 Å². The van der Waals surface area contributed by atoms with Gasteiger partial charge in [-0.3, -0.25) is 14.9 Å². The van der Waals surface area contributed by atoms with Crippen molar-refractivity contribution in [3.63, 3.8) is 0 Å². The number of nitrogens with one attached hydrogen (secondary N) is 1. The minimum atomic E-state index is -0.441. The molecule has 0 saturated carbocycles. The lowest BCUT2D eigenvalue weighted by Gasteiger charge is -2.33. The molecule has 148 valence electrons. The molecule has 1 unspecified atom stereocenters. The van der Waals surface area contributed by atoms with Gasteiger partial charge in [0.05, 0.1) is 22.1 Å². The molecule has 28 heavy (non-hydrogen) atoms. The Morgan fingerprint density at radius 2 is 1.86 bits per heavy atom. The van der Waals surface area contributed by atoms with Gasteiger partial charge in [0.15, 0.2) is 0 Å². The van der Waals surface area contributed by atoms with E-state index >= 15 is 0 Å². The van der Waals surface area contributed by atoms with Gasteiger partial charge in [-0.05, 0) is 38.2 Å². The molecule has 1 amide bonds. The van der Waals surface area contributed by atoms with Gasteiger partial charge in [0, 0.05) is 43.2 Å². The quantitative estimate of drug-likeness (QED) is 0.452. The molecule has 3 rings (SSSR count). The average molecular weight is 401 g/mol. The first-order valence-electron chi connectivity index (χ1n) is 9.04. The van der Waals surface area contributed by atoms with Crippen molar-refractivity contribution in [2.45, 2.75) is 17.1 Å². The second-order valence-electron chi connectivity index (χ2n) is 6.70. The summed E-state index contributed by atoms with van der Waals surface area (Å²) in [7, 11) is 2.11. The maximum atomic E-state index is 12.4. The Kier molecular flexibility index (Phi) is 6.48. The highest BCUT2D eigenvalue weighted by Crippen LogP contribution is 2.26. The molecule has 0 bridgehead atoms. The lowest BCUT2D eigenvalue weighted by molar-refractivity contribution is -0.384.